The molecule has 0 aliphatic carbocycles. The number of ether oxygens (including phenoxy) is 2. The summed E-state index contributed by atoms with van der Waals surface area (Å²) in [6, 6.07) is 11.2. The van der Waals surface area contributed by atoms with Crippen LogP contribution in [0.1, 0.15) is 64.9 Å². The fourth-order valence-corrected chi connectivity index (χ4v) is 3.92. The van der Waals surface area contributed by atoms with E-state index in [2.05, 4.69) is 21.7 Å². The van der Waals surface area contributed by atoms with Crippen molar-refractivity contribution in [3.63, 3.8) is 0 Å². The summed E-state index contributed by atoms with van der Waals surface area (Å²) < 4.78 is 11.2. The van der Waals surface area contributed by atoms with Crippen LogP contribution in [-0.4, -0.2) is 72.8 Å². The minimum atomic E-state index is -0.560. The molecule has 0 radical (unpaired) electrons. The van der Waals surface area contributed by atoms with Crippen LogP contribution in [0.25, 0.3) is 0 Å². The van der Waals surface area contributed by atoms with Gasteiger partial charge >= 0.3 is 6.09 Å². The number of amides is 3. The van der Waals surface area contributed by atoms with Gasteiger partial charge in [0.15, 0.2) is 0 Å². The number of carbonyl (C=O) groups is 3. The van der Waals surface area contributed by atoms with E-state index in [0.717, 1.165) is 11.1 Å². The van der Waals surface area contributed by atoms with Crippen molar-refractivity contribution >= 4 is 17.9 Å². The topological polar surface area (TPSA) is 110 Å². The van der Waals surface area contributed by atoms with E-state index < -0.39 is 5.60 Å². The number of benzene rings is 1. The number of morpholine rings is 1. The minimum Gasteiger partial charge on any atom is -0.444 e. The fourth-order valence-electron chi connectivity index (χ4n) is 3.92. The van der Waals surface area contributed by atoms with Crippen molar-refractivity contribution < 1.29 is 23.9 Å². The van der Waals surface area contributed by atoms with E-state index in [0.29, 0.717) is 50.3 Å². The van der Waals surface area contributed by atoms with Crippen molar-refractivity contribution in [1.82, 2.24) is 20.5 Å². The monoisotopic (exact) mass is 496 g/mol. The molecular formula is C27H36N4O5. The quantitative estimate of drug-likeness (QED) is 0.610. The highest BCUT2D eigenvalue weighted by atomic mass is 16.6. The van der Waals surface area contributed by atoms with Crippen molar-refractivity contribution in [1.29, 1.82) is 0 Å². The minimum absolute atomic E-state index is 0.191. The van der Waals surface area contributed by atoms with Crippen LogP contribution in [0.5, 0.6) is 0 Å². The average molecular weight is 497 g/mol. The van der Waals surface area contributed by atoms with Crippen molar-refractivity contribution in [3.8, 4) is 0 Å². The van der Waals surface area contributed by atoms with Gasteiger partial charge < -0.3 is 25.0 Å². The van der Waals surface area contributed by atoms with E-state index in [9.17, 15) is 14.4 Å². The van der Waals surface area contributed by atoms with Gasteiger partial charge in [0, 0.05) is 37.8 Å². The third-order valence-electron chi connectivity index (χ3n) is 5.61. The molecule has 9 heteroatoms. The molecule has 3 rings (SSSR count). The predicted molar refractivity (Wildman–Crippen MR) is 136 cm³/mol. The van der Waals surface area contributed by atoms with Gasteiger partial charge in [0.1, 0.15) is 11.3 Å². The van der Waals surface area contributed by atoms with Gasteiger partial charge in [0.2, 0.25) is 0 Å². The molecule has 194 valence electrons. The first kappa shape index (κ1) is 27.1. The summed E-state index contributed by atoms with van der Waals surface area (Å²) in [7, 11) is 1.53. The Morgan fingerprint density at radius 2 is 1.94 bits per heavy atom. The molecule has 3 amide bonds. The Bertz CT molecular complexity index is 1100. The summed E-state index contributed by atoms with van der Waals surface area (Å²) >= 11 is 0. The number of aryl methyl sites for hydroxylation is 1. The Labute approximate surface area is 212 Å². The number of pyridine rings is 1. The summed E-state index contributed by atoms with van der Waals surface area (Å²) in [4.78, 5) is 43.7. The zero-order valence-electron chi connectivity index (χ0n) is 21.7. The van der Waals surface area contributed by atoms with Crippen LogP contribution in [0.2, 0.25) is 0 Å². The molecule has 1 aromatic carbocycles. The lowest BCUT2D eigenvalue weighted by molar-refractivity contribution is -0.0440. The molecule has 1 aliphatic rings. The third kappa shape index (κ3) is 8.05. The second kappa shape index (κ2) is 12.0. The molecule has 1 fully saturated rings. The van der Waals surface area contributed by atoms with Crippen molar-refractivity contribution in [2.24, 2.45) is 0 Å². The van der Waals surface area contributed by atoms with Crippen LogP contribution in [0, 0.1) is 6.92 Å². The maximum absolute atomic E-state index is 12.9. The van der Waals surface area contributed by atoms with Crippen molar-refractivity contribution in [2.45, 2.75) is 52.2 Å². The molecule has 0 unspecified atom stereocenters. The summed E-state index contributed by atoms with van der Waals surface area (Å²) in [6.45, 7) is 9.16. The molecule has 1 atom stereocenters. The molecular weight excluding hydrogens is 460 g/mol. The SMILES string of the molecule is CNC(=O)c1cc(C(=O)NCC[C@@H]2CN(C(=O)OC(C)(C)C)CCO2)cc(Cc2cccc(C)c2)n1. The number of aromatic nitrogens is 1. The molecule has 1 aromatic heterocycles. The normalized spacial score (nSPS) is 15.8. The van der Waals surface area contributed by atoms with E-state index in [1.54, 1.807) is 11.0 Å². The van der Waals surface area contributed by atoms with Crippen LogP contribution < -0.4 is 10.6 Å². The number of carbonyl (C=O) groups excluding carboxylic acids is 3. The summed E-state index contributed by atoms with van der Waals surface area (Å²) in [5.41, 5.74) is 2.81. The van der Waals surface area contributed by atoms with E-state index >= 15 is 0 Å². The van der Waals surface area contributed by atoms with E-state index in [1.807, 2.05) is 45.9 Å². The lowest BCUT2D eigenvalue weighted by Crippen LogP contribution is -2.48. The van der Waals surface area contributed by atoms with Crippen molar-refractivity contribution in [2.75, 3.05) is 33.3 Å². The van der Waals surface area contributed by atoms with Crippen molar-refractivity contribution in [3.05, 3.63) is 64.5 Å². The third-order valence-corrected chi connectivity index (χ3v) is 5.61. The number of nitrogens with one attached hydrogen (secondary N) is 2. The highest BCUT2D eigenvalue weighted by Crippen LogP contribution is 2.16. The smallest absolute Gasteiger partial charge is 0.410 e. The highest BCUT2D eigenvalue weighted by Gasteiger charge is 2.28. The number of rotatable bonds is 7. The Morgan fingerprint density at radius 3 is 2.64 bits per heavy atom. The Hall–Kier alpha value is -3.46. The van der Waals surface area contributed by atoms with Crippen LogP contribution in [0.4, 0.5) is 4.79 Å². The number of nitrogens with zero attached hydrogens (tertiary/aromatic N) is 2. The standard InChI is InChI=1S/C27H36N4O5/c1-18-7-6-8-19(13-18)14-21-15-20(16-23(30-21)25(33)28-5)24(32)29-10-9-22-17-31(11-12-35-22)26(34)36-27(2,3)4/h6-8,13,15-16,22H,9-12,14,17H2,1-5H3,(H,28,33)(H,29,32)/t22-/m1/s1. The summed E-state index contributed by atoms with van der Waals surface area (Å²) in [6.07, 6.45) is 0.472. The number of hydrogen-bond donors (Lipinski definition) is 2. The molecule has 0 saturated carbocycles. The first-order chi connectivity index (χ1) is 17.0. The van der Waals surface area contributed by atoms with Crippen LogP contribution in [0.15, 0.2) is 36.4 Å². The molecule has 0 bridgehead atoms. The van der Waals surface area contributed by atoms with E-state index in [1.165, 1.54) is 13.1 Å². The van der Waals surface area contributed by atoms with Gasteiger partial charge in [-0.05, 0) is 51.8 Å². The zero-order chi connectivity index (χ0) is 26.3. The molecule has 2 N–H and O–H groups in total. The molecule has 9 nitrogen and oxygen atoms in total. The average Bonchev–Trinajstić information content (AvgIpc) is 2.82. The maximum Gasteiger partial charge on any atom is 0.410 e. The molecule has 1 aliphatic heterocycles. The van der Waals surface area contributed by atoms with Crippen LogP contribution in [0.3, 0.4) is 0 Å². The highest BCUT2D eigenvalue weighted by molar-refractivity contribution is 5.98. The lowest BCUT2D eigenvalue weighted by Gasteiger charge is -2.34. The first-order valence-electron chi connectivity index (χ1n) is 12.2. The largest absolute Gasteiger partial charge is 0.444 e. The van der Waals surface area contributed by atoms with Gasteiger partial charge in [0.05, 0.1) is 19.3 Å². The molecule has 0 spiro atoms. The second-order valence-corrected chi connectivity index (χ2v) is 9.94. The second-order valence-electron chi connectivity index (χ2n) is 9.94. The Morgan fingerprint density at radius 1 is 1.17 bits per heavy atom. The zero-order valence-corrected chi connectivity index (χ0v) is 21.7. The molecule has 2 aromatic rings. The first-order valence-corrected chi connectivity index (χ1v) is 12.2. The predicted octanol–water partition coefficient (Wildman–Crippen LogP) is 3.10. The fraction of sp³-hybridized carbons (Fsp3) is 0.481. The van der Waals surface area contributed by atoms with Gasteiger partial charge in [-0.3, -0.25) is 9.59 Å². The Kier molecular flexibility index (Phi) is 9.03. The van der Waals surface area contributed by atoms with Gasteiger partial charge in [-0.15, -0.1) is 0 Å². The van der Waals surface area contributed by atoms with Crippen LogP contribution in [-0.2, 0) is 15.9 Å². The Balaban J connectivity index is 1.62. The molecule has 2 heterocycles. The molecule has 1 saturated heterocycles. The van der Waals surface area contributed by atoms with Gasteiger partial charge in [-0.25, -0.2) is 9.78 Å². The van der Waals surface area contributed by atoms with E-state index in [4.69, 9.17) is 9.47 Å². The summed E-state index contributed by atoms with van der Waals surface area (Å²) in [5.74, 6) is -0.652. The lowest BCUT2D eigenvalue weighted by atomic mass is 10.0. The van der Waals surface area contributed by atoms with E-state index in [-0.39, 0.29) is 29.7 Å². The summed E-state index contributed by atoms with van der Waals surface area (Å²) in [5, 5.41) is 5.47. The number of hydrogen-bond acceptors (Lipinski definition) is 6. The van der Waals surface area contributed by atoms with Gasteiger partial charge in [-0.1, -0.05) is 29.8 Å². The van der Waals surface area contributed by atoms with Gasteiger partial charge in [-0.2, -0.15) is 0 Å². The maximum atomic E-state index is 12.9. The van der Waals surface area contributed by atoms with Gasteiger partial charge in [0.25, 0.3) is 11.8 Å². The van der Waals surface area contributed by atoms with Crippen LogP contribution >= 0.6 is 0 Å². The molecule has 36 heavy (non-hydrogen) atoms.